The summed E-state index contributed by atoms with van der Waals surface area (Å²) in [7, 11) is 0. The van der Waals surface area contributed by atoms with Gasteiger partial charge >= 0.3 is 6.16 Å². The zero-order chi connectivity index (χ0) is 30.1. The molecule has 4 rings (SSSR count). The van der Waals surface area contributed by atoms with Crippen LogP contribution in [0.1, 0.15) is 69.8 Å². The van der Waals surface area contributed by atoms with Gasteiger partial charge in [0.15, 0.2) is 0 Å². The maximum Gasteiger partial charge on any atom is 0.508 e. The topological polar surface area (TPSA) is 63.2 Å². The number of aryl methyl sites for hydroxylation is 1. The van der Waals surface area contributed by atoms with Crippen LogP contribution in [0.25, 0.3) is 11.1 Å². The van der Waals surface area contributed by atoms with Gasteiger partial charge in [0.05, 0.1) is 25.7 Å². The van der Waals surface area contributed by atoms with E-state index in [0.29, 0.717) is 25.4 Å². The van der Waals surface area contributed by atoms with E-state index in [9.17, 15) is 9.18 Å². The highest BCUT2D eigenvalue weighted by Gasteiger charge is 2.21. The highest BCUT2D eigenvalue weighted by Crippen LogP contribution is 2.25. The molecule has 43 heavy (non-hydrogen) atoms. The third-order valence-corrected chi connectivity index (χ3v) is 7.62. The summed E-state index contributed by atoms with van der Waals surface area (Å²) in [5.74, 6) is 2.35. The van der Waals surface area contributed by atoms with Crippen LogP contribution in [0.5, 0.6) is 17.2 Å². The third-order valence-electron chi connectivity index (χ3n) is 7.62. The Hall–Kier alpha value is -3.74. The molecule has 0 bridgehead atoms. The maximum absolute atomic E-state index is 13.8. The van der Waals surface area contributed by atoms with E-state index in [1.54, 1.807) is 13.0 Å². The summed E-state index contributed by atoms with van der Waals surface area (Å²) in [6.07, 6.45) is 11.6. The van der Waals surface area contributed by atoms with Gasteiger partial charge in [0.25, 0.3) is 0 Å². The van der Waals surface area contributed by atoms with E-state index in [4.69, 9.17) is 23.7 Å². The van der Waals surface area contributed by atoms with E-state index in [-0.39, 0.29) is 11.7 Å². The Labute approximate surface area is 255 Å². The molecule has 0 N–H and O–H groups in total. The normalized spacial score (nSPS) is 13.3. The second kappa shape index (κ2) is 18.0. The lowest BCUT2D eigenvalue weighted by atomic mass is 10.0. The van der Waals surface area contributed by atoms with Crippen LogP contribution in [-0.2, 0) is 9.47 Å². The molecule has 0 radical (unpaired) electrons. The lowest BCUT2D eigenvalue weighted by Gasteiger charge is -2.21. The number of carbonyl (C=O) groups is 1. The van der Waals surface area contributed by atoms with Crippen molar-refractivity contribution >= 4 is 6.16 Å². The Kier molecular flexibility index (Phi) is 13.5. The van der Waals surface area contributed by atoms with E-state index in [1.807, 2.05) is 60.7 Å². The number of carbonyl (C=O) groups excluding carboxylic acids is 1. The van der Waals surface area contributed by atoms with Gasteiger partial charge in [-0.2, -0.15) is 0 Å². The highest BCUT2D eigenvalue weighted by atomic mass is 19.1. The molecular formula is C36H45FO6. The molecule has 232 valence electrons. The minimum atomic E-state index is -0.609. The van der Waals surface area contributed by atoms with Crippen LogP contribution in [0.3, 0.4) is 0 Å². The molecular weight excluding hydrogens is 547 g/mol. The second-order valence-electron chi connectivity index (χ2n) is 11.2. The standard InChI is InChI=1S/C36H45FO6/c1-28-12-13-31(24-35(28)37)30-14-16-32(17-15-30)39-22-10-8-6-4-2-3-5-7-9-11-23-40-33-18-20-34(21-19-33)41-25-29-26-42-36(38)43-27-29/h12-21,24,29H,2-11,22-23,25-27H2,1H3. The van der Waals surface area contributed by atoms with Crippen molar-refractivity contribution in [2.24, 2.45) is 5.92 Å². The molecule has 3 aromatic carbocycles. The van der Waals surface area contributed by atoms with Gasteiger partial charge in [0.2, 0.25) is 0 Å². The zero-order valence-corrected chi connectivity index (χ0v) is 25.4. The monoisotopic (exact) mass is 592 g/mol. The molecule has 3 aromatic rings. The summed E-state index contributed by atoms with van der Waals surface area (Å²) in [6.45, 7) is 4.33. The molecule has 1 fully saturated rings. The van der Waals surface area contributed by atoms with Gasteiger partial charge in [-0.15, -0.1) is 0 Å². The summed E-state index contributed by atoms with van der Waals surface area (Å²) in [4.78, 5) is 10.9. The lowest BCUT2D eigenvalue weighted by Crippen LogP contribution is -2.31. The predicted octanol–water partition coefficient (Wildman–Crippen LogP) is 9.32. The zero-order valence-electron chi connectivity index (χ0n) is 25.4. The molecule has 0 aliphatic carbocycles. The molecule has 0 aromatic heterocycles. The van der Waals surface area contributed by atoms with E-state index in [2.05, 4.69) is 0 Å². The van der Waals surface area contributed by atoms with E-state index < -0.39 is 6.16 Å². The molecule has 0 spiro atoms. The van der Waals surface area contributed by atoms with Gasteiger partial charge in [-0.1, -0.05) is 75.6 Å². The highest BCUT2D eigenvalue weighted by molar-refractivity contribution is 5.64. The number of ether oxygens (including phenoxy) is 5. The minimum absolute atomic E-state index is 0.0517. The van der Waals surface area contributed by atoms with E-state index in [1.165, 1.54) is 51.4 Å². The van der Waals surface area contributed by atoms with Crippen molar-refractivity contribution < 1.29 is 32.9 Å². The van der Waals surface area contributed by atoms with E-state index >= 15 is 0 Å². The first-order valence-electron chi connectivity index (χ1n) is 15.7. The number of hydrogen-bond acceptors (Lipinski definition) is 6. The number of cyclic esters (lactones) is 2. The minimum Gasteiger partial charge on any atom is -0.494 e. The maximum atomic E-state index is 13.8. The summed E-state index contributed by atoms with van der Waals surface area (Å²) < 4.78 is 41.1. The average molecular weight is 593 g/mol. The van der Waals surface area contributed by atoms with Gasteiger partial charge in [-0.25, -0.2) is 9.18 Å². The van der Waals surface area contributed by atoms with Crippen molar-refractivity contribution in [3.63, 3.8) is 0 Å². The van der Waals surface area contributed by atoms with Crippen LogP contribution in [0.2, 0.25) is 0 Å². The van der Waals surface area contributed by atoms with Gasteiger partial charge in [0, 0.05) is 0 Å². The smallest absolute Gasteiger partial charge is 0.494 e. The summed E-state index contributed by atoms with van der Waals surface area (Å²) >= 11 is 0. The Morgan fingerprint density at radius 3 is 1.58 bits per heavy atom. The average Bonchev–Trinajstić information content (AvgIpc) is 3.03. The molecule has 1 aliphatic heterocycles. The first kappa shape index (κ1) is 32.2. The first-order chi connectivity index (χ1) is 21.1. The van der Waals surface area contributed by atoms with Gasteiger partial charge in [-0.3, -0.25) is 0 Å². The number of hydrogen-bond donors (Lipinski definition) is 0. The lowest BCUT2D eigenvalue weighted by molar-refractivity contribution is -0.0232. The number of halogens is 1. The Balaban J connectivity index is 0.924. The molecule has 7 heteroatoms. The molecule has 1 heterocycles. The van der Waals surface area contributed by atoms with Gasteiger partial charge in [-0.05, 0) is 78.9 Å². The first-order valence-corrected chi connectivity index (χ1v) is 15.7. The molecule has 0 unspecified atom stereocenters. The third kappa shape index (κ3) is 11.8. The fourth-order valence-electron chi connectivity index (χ4n) is 4.92. The predicted molar refractivity (Wildman–Crippen MR) is 166 cm³/mol. The van der Waals surface area contributed by atoms with Crippen LogP contribution in [0, 0.1) is 18.7 Å². The van der Waals surface area contributed by atoms with Crippen LogP contribution < -0.4 is 14.2 Å². The van der Waals surface area contributed by atoms with Crippen molar-refractivity contribution in [2.75, 3.05) is 33.0 Å². The Morgan fingerprint density at radius 1 is 0.628 bits per heavy atom. The SMILES string of the molecule is Cc1ccc(-c2ccc(OCCCCCCCCCCCCOc3ccc(OCC4COC(=O)OC4)cc3)cc2)cc1F. The fourth-order valence-corrected chi connectivity index (χ4v) is 4.92. The molecule has 1 aliphatic rings. The quantitative estimate of drug-likeness (QED) is 0.102. The molecule has 1 saturated heterocycles. The number of unbranched alkanes of at least 4 members (excludes halogenated alkanes) is 9. The number of benzene rings is 3. The Bertz CT molecular complexity index is 1220. The number of rotatable bonds is 19. The largest absolute Gasteiger partial charge is 0.508 e. The fraction of sp³-hybridized carbons (Fsp3) is 0.472. The summed E-state index contributed by atoms with van der Waals surface area (Å²) in [5, 5.41) is 0. The van der Waals surface area contributed by atoms with Gasteiger partial charge in [0.1, 0.15) is 36.3 Å². The second-order valence-corrected chi connectivity index (χ2v) is 11.2. The molecule has 0 saturated carbocycles. The van der Waals surface area contributed by atoms with Crippen molar-refractivity contribution in [1.82, 2.24) is 0 Å². The van der Waals surface area contributed by atoms with Crippen LogP contribution in [0.15, 0.2) is 66.7 Å². The van der Waals surface area contributed by atoms with Crippen molar-refractivity contribution in [3.8, 4) is 28.4 Å². The summed E-state index contributed by atoms with van der Waals surface area (Å²) in [5.41, 5.74) is 2.54. The van der Waals surface area contributed by atoms with E-state index in [0.717, 1.165) is 54.4 Å². The molecule has 0 atom stereocenters. The molecule has 0 amide bonds. The van der Waals surface area contributed by atoms with Crippen molar-refractivity contribution in [2.45, 2.75) is 71.1 Å². The van der Waals surface area contributed by atoms with Crippen LogP contribution >= 0.6 is 0 Å². The van der Waals surface area contributed by atoms with Crippen molar-refractivity contribution in [3.05, 3.63) is 78.1 Å². The van der Waals surface area contributed by atoms with Crippen LogP contribution in [-0.4, -0.2) is 39.2 Å². The molecule has 6 nitrogen and oxygen atoms in total. The van der Waals surface area contributed by atoms with Crippen LogP contribution in [0.4, 0.5) is 9.18 Å². The summed E-state index contributed by atoms with van der Waals surface area (Å²) in [6, 6.07) is 20.9. The Morgan fingerprint density at radius 2 is 1.07 bits per heavy atom. The van der Waals surface area contributed by atoms with Gasteiger partial charge < -0.3 is 23.7 Å². The van der Waals surface area contributed by atoms with Crippen molar-refractivity contribution in [1.29, 1.82) is 0 Å².